The highest BCUT2D eigenvalue weighted by atomic mass is 16.2. The van der Waals surface area contributed by atoms with E-state index in [-0.39, 0.29) is 17.8 Å². The Morgan fingerprint density at radius 3 is 1.93 bits per heavy atom. The first-order valence-electron chi connectivity index (χ1n) is 9.35. The van der Waals surface area contributed by atoms with Crippen molar-refractivity contribution in [2.45, 2.75) is 0 Å². The molecule has 0 aliphatic carbocycles. The van der Waals surface area contributed by atoms with Crippen LogP contribution in [0, 0.1) is 0 Å². The zero-order valence-electron chi connectivity index (χ0n) is 16.3. The average Bonchev–Trinajstić information content (AvgIpc) is 3.23. The van der Waals surface area contributed by atoms with Gasteiger partial charge in [0.15, 0.2) is 0 Å². The second kappa shape index (κ2) is 8.40. The number of para-hydroxylation sites is 1. The third kappa shape index (κ3) is 3.95. The van der Waals surface area contributed by atoms with Gasteiger partial charge in [0.1, 0.15) is 0 Å². The summed E-state index contributed by atoms with van der Waals surface area (Å²) in [5.74, 6) is -0.167. The largest absolute Gasteiger partial charge is 0.289 e. The smallest absolute Gasteiger partial charge is 0.260 e. The van der Waals surface area contributed by atoms with E-state index in [2.05, 4.69) is 15.4 Å². The van der Waals surface area contributed by atoms with E-state index in [9.17, 15) is 9.59 Å². The average molecular weight is 397 g/mol. The monoisotopic (exact) mass is 397 g/mol. The molecule has 0 saturated carbocycles. The van der Waals surface area contributed by atoms with E-state index in [0.29, 0.717) is 22.8 Å². The SMILES string of the molecule is CN(C(=O)c1ccccc1)c1nc(NC(=O)c2ccccc2)nn1-c1ccccc1. The zero-order valence-corrected chi connectivity index (χ0v) is 16.3. The number of benzene rings is 3. The van der Waals surface area contributed by atoms with Crippen LogP contribution in [-0.2, 0) is 0 Å². The number of rotatable bonds is 5. The highest BCUT2D eigenvalue weighted by molar-refractivity contribution is 6.05. The fraction of sp³-hybridized carbons (Fsp3) is 0.0435. The molecule has 0 radical (unpaired) electrons. The van der Waals surface area contributed by atoms with E-state index in [4.69, 9.17) is 0 Å². The van der Waals surface area contributed by atoms with Gasteiger partial charge in [-0.2, -0.15) is 9.67 Å². The molecule has 3 aromatic carbocycles. The van der Waals surface area contributed by atoms with Gasteiger partial charge in [0.25, 0.3) is 17.8 Å². The first-order chi connectivity index (χ1) is 14.6. The molecule has 30 heavy (non-hydrogen) atoms. The Balaban J connectivity index is 1.70. The van der Waals surface area contributed by atoms with Crippen molar-refractivity contribution in [3.8, 4) is 5.69 Å². The second-order valence-electron chi connectivity index (χ2n) is 6.53. The lowest BCUT2D eigenvalue weighted by Gasteiger charge is -2.16. The van der Waals surface area contributed by atoms with E-state index in [1.54, 1.807) is 55.6 Å². The van der Waals surface area contributed by atoms with Crippen LogP contribution in [0.3, 0.4) is 0 Å². The highest BCUT2D eigenvalue weighted by Crippen LogP contribution is 2.21. The Hall–Kier alpha value is -4.26. The van der Waals surface area contributed by atoms with Crippen LogP contribution < -0.4 is 10.2 Å². The van der Waals surface area contributed by atoms with Gasteiger partial charge in [0.05, 0.1) is 5.69 Å². The van der Waals surface area contributed by atoms with Crippen LogP contribution in [0.15, 0.2) is 91.0 Å². The lowest BCUT2D eigenvalue weighted by Crippen LogP contribution is -2.29. The summed E-state index contributed by atoms with van der Waals surface area (Å²) in [4.78, 5) is 31.3. The third-order valence-electron chi connectivity index (χ3n) is 4.48. The van der Waals surface area contributed by atoms with Crippen molar-refractivity contribution in [3.63, 3.8) is 0 Å². The Labute approximate surface area is 173 Å². The van der Waals surface area contributed by atoms with Gasteiger partial charge in [-0.1, -0.05) is 54.6 Å². The van der Waals surface area contributed by atoms with Crippen LogP contribution in [0.25, 0.3) is 5.69 Å². The van der Waals surface area contributed by atoms with E-state index in [1.807, 2.05) is 42.5 Å². The minimum atomic E-state index is -0.329. The molecule has 0 bridgehead atoms. The normalized spacial score (nSPS) is 10.4. The molecule has 7 nitrogen and oxygen atoms in total. The number of carbonyl (C=O) groups is 2. The van der Waals surface area contributed by atoms with Gasteiger partial charge in [-0.25, -0.2) is 0 Å². The quantitative estimate of drug-likeness (QED) is 0.556. The van der Waals surface area contributed by atoms with E-state index < -0.39 is 0 Å². The molecule has 0 fully saturated rings. The highest BCUT2D eigenvalue weighted by Gasteiger charge is 2.22. The van der Waals surface area contributed by atoms with Crippen molar-refractivity contribution < 1.29 is 9.59 Å². The topological polar surface area (TPSA) is 80.1 Å². The van der Waals surface area contributed by atoms with Crippen LogP contribution in [-0.4, -0.2) is 33.6 Å². The molecule has 1 heterocycles. The molecule has 0 atom stereocenters. The Kier molecular flexibility index (Phi) is 5.34. The summed E-state index contributed by atoms with van der Waals surface area (Å²) in [5.41, 5.74) is 1.73. The predicted molar refractivity (Wildman–Crippen MR) is 115 cm³/mol. The lowest BCUT2D eigenvalue weighted by atomic mass is 10.2. The first kappa shape index (κ1) is 19.1. The molecule has 0 saturated heterocycles. The molecule has 1 N–H and O–H groups in total. The molecule has 1 aromatic heterocycles. The molecule has 0 unspecified atom stereocenters. The Morgan fingerprint density at radius 1 is 0.800 bits per heavy atom. The van der Waals surface area contributed by atoms with Crippen molar-refractivity contribution in [2.75, 3.05) is 17.3 Å². The van der Waals surface area contributed by atoms with Crippen LogP contribution in [0.2, 0.25) is 0 Å². The van der Waals surface area contributed by atoms with Crippen molar-refractivity contribution in [1.82, 2.24) is 14.8 Å². The fourth-order valence-electron chi connectivity index (χ4n) is 2.94. The number of aromatic nitrogens is 3. The maximum atomic E-state index is 12.9. The molecule has 4 rings (SSSR count). The number of nitrogens with one attached hydrogen (secondary N) is 1. The summed E-state index contributed by atoms with van der Waals surface area (Å²) >= 11 is 0. The molecule has 148 valence electrons. The summed E-state index contributed by atoms with van der Waals surface area (Å²) in [6, 6.07) is 27.0. The maximum Gasteiger partial charge on any atom is 0.260 e. The predicted octanol–water partition coefficient (Wildman–Crippen LogP) is 3.80. The van der Waals surface area contributed by atoms with Crippen LogP contribution in [0.4, 0.5) is 11.9 Å². The zero-order chi connectivity index (χ0) is 20.9. The number of nitrogens with zero attached hydrogens (tertiary/aromatic N) is 4. The van der Waals surface area contributed by atoms with Gasteiger partial charge in [-0.15, -0.1) is 5.10 Å². The lowest BCUT2D eigenvalue weighted by molar-refractivity contribution is 0.0989. The minimum Gasteiger partial charge on any atom is -0.289 e. The molecule has 0 aliphatic rings. The van der Waals surface area contributed by atoms with Crippen molar-refractivity contribution in [2.24, 2.45) is 0 Å². The second-order valence-corrected chi connectivity index (χ2v) is 6.53. The maximum absolute atomic E-state index is 12.9. The molecule has 0 aliphatic heterocycles. The van der Waals surface area contributed by atoms with E-state index in [1.165, 1.54) is 9.58 Å². The van der Waals surface area contributed by atoms with Crippen molar-refractivity contribution in [1.29, 1.82) is 0 Å². The van der Waals surface area contributed by atoms with E-state index >= 15 is 0 Å². The van der Waals surface area contributed by atoms with Crippen LogP contribution in [0.1, 0.15) is 20.7 Å². The number of amides is 2. The van der Waals surface area contributed by atoms with Crippen LogP contribution >= 0.6 is 0 Å². The number of carbonyl (C=O) groups excluding carboxylic acids is 2. The van der Waals surface area contributed by atoms with Gasteiger partial charge in [-0.3, -0.25) is 19.8 Å². The standard InChI is InChI=1S/C23H19N5O2/c1-27(21(30)18-13-7-3-8-14-18)23-25-22(24-20(29)17-11-5-2-6-12-17)26-28(23)19-15-9-4-10-16-19/h2-16H,1H3,(H,24,26,29). The Bertz CT molecular complexity index is 1160. The first-order valence-corrected chi connectivity index (χ1v) is 9.35. The van der Waals surface area contributed by atoms with Crippen LogP contribution in [0.5, 0.6) is 0 Å². The molecule has 4 aromatic rings. The van der Waals surface area contributed by atoms with Gasteiger partial charge in [-0.05, 0) is 36.4 Å². The van der Waals surface area contributed by atoms with Gasteiger partial charge in [0.2, 0.25) is 5.95 Å². The number of hydrogen-bond acceptors (Lipinski definition) is 4. The summed E-state index contributed by atoms with van der Waals surface area (Å²) in [6.45, 7) is 0. The summed E-state index contributed by atoms with van der Waals surface area (Å²) in [6.07, 6.45) is 0. The van der Waals surface area contributed by atoms with E-state index in [0.717, 1.165) is 0 Å². The molecule has 7 heteroatoms. The Morgan fingerprint density at radius 2 is 1.33 bits per heavy atom. The summed E-state index contributed by atoms with van der Waals surface area (Å²) in [5, 5.41) is 7.13. The summed E-state index contributed by atoms with van der Waals surface area (Å²) < 4.78 is 1.53. The molecule has 0 spiro atoms. The van der Waals surface area contributed by atoms with Gasteiger partial charge < -0.3 is 0 Å². The van der Waals surface area contributed by atoms with Crippen molar-refractivity contribution in [3.05, 3.63) is 102 Å². The molecule has 2 amide bonds. The fourth-order valence-corrected chi connectivity index (χ4v) is 2.94. The minimum absolute atomic E-state index is 0.107. The third-order valence-corrected chi connectivity index (χ3v) is 4.48. The van der Waals surface area contributed by atoms with Gasteiger partial charge in [0, 0.05) is 18.2 Å². The molecular weight excluding hydrogens is 378 g/mol. The number of anilines is 2. The van der Waals surface area contributed by atoms with Gasteiger partial charge >= 0.3 is 0 Å². The molecular formula is C23H19N5O2. The van der Waals surface area contributed by atoms with Crippen molar-refractivity contribution >= 4 is 23.7 Å². The number of hydrogen-bond donors (Lipinski definition) is 1. The summed E-state index contributed by atoms with van der Waals surface area (Å²) in [7, 11) is 1.63.